The first kappa shape index (κ1) is 15.6. The predicted octanol–water partition coefficient (Wildman–Crippen LogP) is 3.41. The van der Waals surface area contributed by atoms with Crippen LogP contribution in [0, 0.1) is 0 Å². The molecule has 1 aromatic rings. The molecule has 1 heterocycles. The van der Waals surface area contributed by atoms with Crippen LogP contribution in [0.3, 0.4) is 0 Å². The van der Waals surface area contributed by atoms with Crippen LogP contribution in [-0.4, -0.2) is 41.2 Å². The minimum Gasteiger partial charge on any atom is -0.494 e. The summed E-state index contributed by atoms with van der Waals surface area (Å²) in [5.74, 6) is 3.82. The van der Waals surface area contributed by atoms with Gasteiger partial charge in [-0.1, -0.05) is 19.1 Å². The zero-order valence-corrected chi connectivity index (χ0v) is 13.6. The Balaban J connectivity index is 2.09. The smallest absolute Gasteiger partial charge is 0.233 e. The normalized spacial score (nSPS) is 18.6. The molecule has 1 aliphatic rings. The summed E-state index contributed by atoms with van der Waals surface area (Å²) in [4.78, 5) is 14.0. The van der Waals surface area contributed by atoms with Gasteiger partial charge in [0.1, 0.15) is 11.1 Å². The average Bonchev–Trinajstić information content (AvgIpc) is 2.81. The molecular formula is C15H21NO2S2. The van der Waals surface area contributed by atoms with Gasteiger partial charge in [-0.15, -0.1) is 11.8 Å². The Morgan fingerprint density at radius 3 is 3.05 bits per heavy atom. The van der Waals surface area contributed by atoms with Crippen molar-refractivity contribution in [1.82, 2.24) is 4.90 Å². The lowest BCUT2D eigenvalue weighted by Crippen LogP contribution is -2.30. The van der Waals surface area contributed by atoms with Crippen LogP contribution in [0.1, 0.15) is 24.8 Å². The summed E-state index contributed by atoms with van der Waals surface area (Å²) < 4.78 is 5.55. The average molecular weight is 311 g/mol. The third-order valence-electron chi connectivity index (χ3n) is 3.10. The van der Waals surface area contributed by atoms with Crippen LogP contribution in [0.25, 0.3) is 0 Å². The highest BCUT2D eigenvalue weighted by Crippen LogP contribution is 2.39. The second-order valence-corrected chi connectivity index (χ2v) is 6.92. The molecule has 0 aromatic heterocycles. The van der Waals surface area contributed by atoms with Crippen molar-refractivity contribution in [2.24, 2.45) is 0 Å². The molecule has 1 atom stereocenters. The van der Waals surface area contributed by atoms with Gasteiger partial charge in [0.15, 0.2) is 0 Å². The van der Waals surface area contributed by atoms with Gasteiger partial charge in [-0.05, 0) is 30.4 Å². The number of ether oxygens (including phenoxy) is 1. The number of hydrogen-bond acceptors (Lipinski definition) is 4. The van der Waals surface area contributed by atoms with Gasteiger partial charge in [-0.2, -0.15) is 11.8 Å². The first-order valence-corrected chi connectivity index (χ1v) is 9.18. The summed E-state index contributed by atoms with van der Waals surface area (Å²) in [6.45, 7) is 5.62. The fraction of sp³-hybridized carbons (Fsp3) is 0.533. The lowest BCUT2D eigenvalue weighted by Gasteiger charge is -2.24. The molecule has 5 heteroatoms. The monoisotopic (exact) mass is 311 g/mol. The molecular weight excluding hydrogens is 290 g/mol. The van der Waals surface area contributed by atoms with E-state index in [-0.39, 0.29) is 11.3 Å². The maximum atomic E-state index is 12.0. The topological polar surface area (TPSA) is 29.5 Å². The largest absolute Gasteiger partial charge is 0.494 e. The molecule has 1 unspecified atom stereocenters. The molecule has 1 aromatic carbocycles. The van der Waals surface area contributed by atoms with E-state index in [2.05, 4.69) is 19.1 Å². The van der Waals surface area contributed by atoms with Crippen LogP contribution >= 0.6 is 23.5 Å². The summed E-state index contributed by atoms with van der Waals surface area (Å²) in [5.41, 5.74) is 1.16. The summed E-state index contributed by atoms with van der Waals surface area (Å²) in [6.07, 6.45) is 0. The van der Waals surface area contributed by atoms with Gasteiger partial charge in [0, 0.05) is 12.3 Å². The molecule has 0 saturated carbocycles. The van der Waals surface area contributed by atoms with Crippen LogP contribution in [-0.2, 0) is 4.79 Å². The van der Waals surface area contributed by atoms with Gasteiger partial charge in [-0.25, -0.2) is 0 Å². The van der Waals surface area contributed by atoms with Crippen molar-refractivity contribution in [2.75, 3.05) is 30.4 Å². The summed E-state index contributed by atoms with van der Waals surface area (Å²) in [5, 5.41) is 0.139. The first-order valence-electron chi connectivity index (χ1n) is 6.97. The van der Waals surface area contributed by atoms with Crippen LogP contribution in [0.5, 0.6) is 5.75 Å². The van der Waals surface area contributed by atoms with Crippen molar-refractivity contribution in [3.05, 3.63) is 29.8 Å². The maximum absolute atomic E-state index is 12.0. The molecule has 0 bridgehead atoms. The molecule has 0 N–H and O–H groups in total. The van der Waals surface area contributed by atoms with Crippen LogP contribution in [0.4, 0.5) is 0 Å². The fourth-order valence-electron chi connectivity index (χ4n) is 2.20. The van der Waals surface area contributed by atoms with E-state index < -0.39 is 0 Å². The molecule has 0 aliphatic carbocycles. The number of benzene rings is 1. The van der Waals surface area contributed by atoms with Gasteiger partial charge in [0.05, 0.1) is 12.4 Å². The Morgan fingerprint density at radius 2 is 2.30 bits per heavy atom. The fourth-order valence-corrected chi connectivity index (χ4v) is 4.03. The lowest BCUT2D eigenvalue weighted by molar-refractivity contribution is -0.127. The van der Waals surface area contributed by atoms with Crippen molar-refractivity contribution in [1.29, 1.82) is 0 Å². The molecule has 1 amide bonds. The molecule has 110 valence electrons. The lowest BCUT2D eigenvalue weighted by atomic mass is 10.2. The Bertz CT molecular complexity index is 453. The standard InChI is InChI=1S/C15H21NO2S2/c1-3-18-13-7-5-6-12(10-13)15-16(8-9-19-4-2)14(17)11-20-15/h5-7,10,15H,3-4,8-9,11H2,1-2H3. The number of hydrogen-bond donors (Lipinski definition) is 0. The summed E-state index contributed by atoms with van der Waals surface area (Å²) in [6, 6.07) is 8.10. The summed E-state index contributed by atoms with van der Waals surface area (Å²) >= 11 is 3.59. The summed E-state index contributed by atoms with van der Waals surface area (Å²) in [7, 11) is 0. The van der Waals surface area contributed by atoms with Gasteiger partial charge < -0.3 is 9.64 Å². The Labute approximate surface area is 129 Å². The van der Waals surface area contributed by atoms with E-state index in [0.29, 0.717) is 12.4 Å². The van der Waals surface area contributed by atoms with Gasteiger partial charge >= 0.3 is 0 Å². The van der Waals surface area contributed by atoms with E-state index in [1.54, 1.807) is 11.8 Å². The molecule has 1 fully saturated rings. The van der Waals surface area contributed by atoms with Crippen molar-refractivity contribution in [3.8, 4) is 5.75 Å². The molecule has 3 nitrogen and oxygen atoms in total. The second-order valence-electron chi connectivity index (χ2n) is 4.45. The Hall–Kier alpha value is -0.810. The number of carbonyl (C=O) groups is 1. The molecule has 0 radical (unpaired) electrons. The minimum atomic E-state index is 0.139. The number of amides is 1. The van der Waals surface area contributed by atoms with Gasteiger partial charge in [0.2, 0.25) is 5.91 Å². The van der Waals surface area contributed by atoms with E-state index in [9.17, 15) is 4.79 Å². The maximum Gasteiger partial charge on any atom is 0.233 e. The highest BCUT2D eigenvalue weighted by molar-refractivity contribution is 8.00. The van der Waals surface area contributed by atoms with Crippen LogP contribution in [0.15, 0.2) is 24.3 Å². The van der Waals surface area contributed by atoms with Crippen molar-refractivity contribution >= 4 is 29.4 Å². The van der Waals surface area contributed by atoms with Gasteiger partial charge in [-0.3, -0.25) is 4.79 Å². The van der Waals surface area contributed by atoms with Crippen LogP contribution < -0.4 is 4.74 Å². The highest BCUT2D eigenvalue weighted by Gasteiger charge is 2.32. The SMILES string of the molecule is CCOc1cccc(C2SCC(=O)N2CCSCC)c1. The Morgan fingerprint density at radius 1 is 1.45 bits per heavy atom. The first-order chi connectivity index (χ1) is 9.76. The zero-order valence-electron chi connectivity index (χ0n) is 12.0. The van der Waals surface area contributed by atoms with E-state index in [4.69, 9.17) is 4.74 Å². The highest BCUT2D eigenvalue weighted by atomic mass is 32.2. The molecule has 0 spiro atoms. The number of thioether (sulfide) groups is 2. The number of rotatable bonds is 7. The van der Waals surface area contributed by atoms with Crippen molar-refractivity contribution in [3.63, 3.8) is 0 Å². The quantitative estimate of drug-likeness (QED) is 0.722. The third kappa shape index (κ3) is 3.85. The molecule has 20 heavy (non-hydrogen) atoms. The molecule has 2 rings (SSSR count). The van der Waals surface area contributed by atoms with E-state index in [1.807, 2.05) is 35.7 Å². The molecule has 1 aliphatic heterocycles. The van der Waals surface area contributed by atoms with E-state index >= 15 is 0 Å². The van der Waals surface area contributed by atoms with Crippen molar-refractivity contribution < 1.29 is 9.53 Å². The van der Waals surface area contributed by atoms with Gasteiger partial charge in [0.25, 0.3) is 0 Å². The van der Waals surface area contributed by atoms with Crippen LogP contribution in [0.2, 0.25) is 0 Å². The second kappa shape index (κ2) is 7.84. The zero-order chi connectivity index (χ0) is 14.4. The van der Waals surface area contributed by atoms with E-state index in [1.165, 1.54) is 0 Å². The minimum absolute atomic E-state index is 0.139. The number of carbonyl (C=O) groups excluding carboxylic acids is 1. The third-order valence-corrected chi connectivity index (χ3v) is 5.24. The Kier molecular flexibility index (Phi) is 6.10. The van der Waals surface area contributed by atoms with E-state index in [0.717, 1.165) is 29.4 Å². The number of nitrogens with zero attached hydrogens (tertiary/aromatic N) is 1. The predicted molar refractivity (Wildman–Crippen MR) is 87.5 cm³/mol. The molecule has 1 saturated heterocycles. The van der Waals surface area contributed by atoms with Crippen molar-refractivity contribution in [2.45, 2.75) is 19.2 Å².